The number of carbonyl (C=O) groups is 1. The number of H-pyrrole nitrogens is 1. The van der Waals surface area contributed by atoms with Gasteiger partial charge in [0.1, 0.15) is 6.33 Å². The van der Waals surface area contributed by atoms with Crippen molar-refractivity contribution >= 4 is 16.9 Å². The summed E-state index contributed by atoms with van der Waals surface area (Å²) >= 11 is 0. The molecule has 0 saturated carbocycles. The van der Waals surface area contributed by atoms with E-state index in [4.69, 9.17) is 0 Å². The van der Waals surface area contributed by atoms with E-state index in [0.29, 0.717) is 13.1 Å². The zero-order valence-corrected chi connectivity index (χ0v) is 13.9. The molecule has 1 aliphatic rings. The maximum atomic E-state index is 12.5. The van der Waals surface area contributed by atoms with E-state index in [9.17, 15) is 9.59 Å². The molecule has 1 aromatic carbocycles. The van der Waals surface area contributed by atoms with Crippen LogP contribution in [0.15, 0.2) is 53.8 Å². The zero-order valence-electron chi connectivity index (χ0n) is 13.9. The van der Waals surface area contributed by atoms with Gasteiger partial charge >= 0.3 is 6.03 Å². The molecule has 0 radical (unpaired) electrons. The monoisotopic (exact) mass is 336 g/mol. The fourth-order valence-electron chi connectivity index (χ4n) is 3.60. The van der Waals surface area contributed by atoms with E-state index >= 15 is 0 Å². The van der Waals surface area contributed by atoms with Gasteiger partial charge in [0.05, 0.1) is 0 Å². The minimum absolute atomic E-state index is 0.0157. The molecule has 6 nitrogen and oxygen atoms in total. The van der Waals surface area contributed by atoms with E-state index in [1.807, 2.05) is 35.2 Å². The number of para-hydroxylation sites is 1. The number of benzene rings is 1. The maximum Gasteiger partial charge on any atom is 0.329 e. The smallest absolute Gasteiger partial charge is 0.324 e. The third-order valence-corrected chi connectivity index (χ3v) is 4.95. The molecule has 2 aromatic heterocycles. The third kappa shape index (κ3) is 3.07. The third-order valence-electron chi connectivity index (χ3n) is 4.95. The van der Waals surface area contributed by atoms with Crippen molar-refractivity contribution in [3.05, 3.63) is 65.0 Å². The number of nitrogens with one attached hydrogen (secondary N) is 1. The largest absolute Gasteiger partial charge is 0.329 e. The summed E-state index contributed by atoms with van der Waals surface area (Å²) < 4.78 is 1.50. The lowest BCUT2D eigenvalue weighted by atomic mass is 9.92. The van der Waals surface area contributed by atoms with Crippen molar-refractivity contribution in [1.82, 2.24) is 19.4 Å². The van der Waals surface area contributed by atoms with Gasteiger partial charge < -0.3 is 9.88 Å². The van der Waals surface area contributed by atoms with Crippen LogP contribution >= 0.6 is 0 Å². The molecule has 3 heterocycles. The molecule has 6 heteroatoms. The zero-order chi connectivity index (χ0) is 17.2. The highest BCUT2D eigenvalue weighted by Crippen LogP contribution is 2.27. The molecule has 1 saturated heterocycles. The van der Waals surface area contributed by atoms with Crippen LogP contribution < -0.4 is 5.56 Å². The average molecular weight is 336 g/mol. The SMILES string of the molecule is O=C(N1CCCC(c2cc3ccccc3[nH]c2=O)CC1)n1ccnc1. The molecule has 1 amide bonds. The van der Waals surface area contributed by atoms with Crippen molar-refractivity contribution in [2.45, 2.75) is 25.2 Å². The number of amides is 1. The Morgan fingerprint density at radius 3 is 2.92 bits per heavy atom. The first-order valence-electron chi connectivity index (χ1n) is 8.61. The fraction of sp³-hybridized carbons (Fsp3) is 0.316. The van der Waals surface area contributed by atoms with Crippen molar-refractivity contribution in [3.63, 3.8) is 0 Å². The average Bonchev–Trinajstić information content (AvgIpc) is 3.05. The highest BCUT2D eigenvalue weighted by atomic mass is 16.2. The summed E-state index contributed by atoms with van der Waals surface area (Å²) in [5, 5.41) is 1.05. The van der Waals surface area contributed by atoms with E-state index < -0.39 is 0 Å². The highest BCUT2D eigenvalue weighted by Gasteiger charge is 2.24. The number of hydrogen-bond acceptors (Lipinski definition) is 3. The van der Waals surface area contributed by atoms with Gasteiger partial charge in [0.2, 0.25) is 0 Å². The van der Waals surface area contributed by atoms with E-state index in [0.717, 1.165) is 35.7 Å². The van der Waals surface area contributed by atoms with Crippen LogP contribution in [0.3, 0.4) is 0 Å². The molecule has 3 aromatic rings. The number of likely N-dealkylation sites (tertiary alicyclic amines) is 1. The van der Waals surface area contributed by atoms with Gasteiger partial charge in [-0.3, -0.25) is 9.36 Å². The molecule has 0 spiro atoms. The molecule has 1 aliphatic heterocycles. The van der Waals surface area contributed by atoms with Gasteiger partial charge in [0.25, 0.3) is 5.56 Å². The number of imidazole rings is 1. The first kappa shape index (κ1) is 15.6. The lowest BCUT2D eigenvalue weighted by Gasteiger charge is -2.20. The Morgan fingerprint density at radius 1 is 1.20 bits per heavy atom. The Balaban J connectivity index is 1.56. The molecule has 0 bridgehead atoms. The van der Waals surface area contributed by atoms with Crippen molar-refractivity contribution in [3.8, 4) is 0 Å². The molecule has 1 N–H and O–H groups in total. The predicted octanol–water partition coefficient (Wildman–Crippen LogP) is 2.96. The molecule has 1 fully saturated rings. The fourth-order valence-corrected chi connectivity index (χ4v) is 3.60. The number of pyridine rings is 1. The number of hydrogen-bond donors (Lipinski definition) is 1. The predicted molar refractivity (Wildman–Crippen MR) is 95.8 cm³/mol. The van der Waals surface area contributed by atoms with Gasteiger partial charge in [-0.2, -0.15) is 0 Å². The van der Waals surface area contributed by atoms with Crippen molar-refractivity contribution in [2.24, 2.45) is 0 Å². The van der Waals surface area contributed by atoms with Crippen molar-refractivity contribution < 1.29 is 4.79 Å². The Kier molecular flexibility index (Phi) is 4.09. The quantitative estimate of drug-likeness (QED) is 0.743. The Morgan fingerprint density at radius 2 is 2.08 bits per heavy atom. The van der Waals surface area contributed by atoms with Crippen LogP contribution in [0.25, 0.3) is 10.9 Å². The van der Waals surface area contributed by atoms with Crippen LogP contribution in [0.4, 0.5) is 4.79 Å². The summed E-state index contributed by atoms with van der Waals surface area (Å²) in [6, 6.07) is 9.78. The van der Waals surface area contributed by atoms with E-state index in [2.05, 4.69) is 9.97 Å². The Hall–Kier alpha value is -2.89. The number of fused-ring (bicyclic) bond motifs is 1. The van der Waals surface area contributed by atoms with Crippen LogP contribution in [0.2, 0.25) is 0 Å². The maximum absolute atomic E-state index is 12.5. The standard InChI is InChI=1S/C19H20N4O2/c24-18-16(12-15-4-1-2-6-17(15)21-18)14-5-3-9-22(10-7-14)19(25)23-11-8-20-13-23/h1-2,4,6,8,11-14H,3,5,7,9-10H2,(H,21,24). The molecule has 4 rings (SSSR count). The number of nitrogens with zero attached hydrogens (tertiary/aromatic N) is 3. The van der Waals surface area contributed by atoms with E-state index in [1.165, 1.54) is 10.9 Å². The molecule has 1 unspecified atom stereocenters. The van der Waals surface area contributed by atoms with Crippen molar-refractivity contribution in [1.29, 1.82) is 0 Å². The second kappa shape index (κ2) is 6.55. The van der Waals surface area contributed by atoms with Crippen LogP contribution in [0.5, 0.6) is 0 Å². The second-order valence-electron chi connectivity index (χ2n) is 6.51. The molecular weight excluding hydrogens is 316 g/mol. The Bertz CT molecular complexity index is 945. The molecule has 1 atom stereocenters. The number of rotatable bonds is 1. The van der Waals surface area contributed by atoms with Crippen LogP contribution in [-0.4, -0.2) is 38.6 Å². The minimum atomic E-state index is -0.0504. The number of aromatic amines is 1. The van der Waals surface area contributed by atoms with E-state index in [1.54, 1.807) is 12.4 Å². The van der Waals surface area contributed by atoms with Crippen LogP contribution in [0, 0.1) is 0 Å². The molecule has 25 heavy (non-hydrogen) atoms. The second-order valence-corrected chi connectivity index (χ2v) is 6.51. The highest BCUT2D eigenvalue weighted by molar-refractivity contribution is 5.79. The molecular formula is C19H20N4O2. The first-order chi connectivity index (χ1) is 12.2. The first-order valence-corrected chi connectivity index (χ1v) is 8.61. The number of carbonyl (C=O) groups excluding carboxylic acids is 1. The summed E-state index contributed by atoms with van der Waals surface area (Å²) in [4.78, 5) is 33.7. The number of aromatic nitrogens is 3. The van der Waals surface area contributed by atoms with Gasteiger partial charge in [-0.1, -0.05) is 18.2 Å². The van der Waals surface area contributed by atoms with E-state index in [-0.39, 0.29) is 17.5 Å². The van der Waals surface area contributed by atoms with Gasteiger partial charge in [0, 0.05) is 36.6 Å². The topological polar surface area (TPSA) is 71.0 Å². The van der Waals surface area contributed by atoms with Gasteiger partial charge in [-0.15, -0.1) is 0 Å². The molecule has 128 valence electrons. The molecule has 0 aliphatic carbocycles. The van der Waals surface area contributed by atoms with Crippen LogP contribution in [0.1, 0.15) is 30.7 Å². The summed E-state index contributed by atoms with van der Waals surface area (Å²) in [6.07, 6.45) is 7.39. The van der Waals surface area contributed by atoms with Gasteiger partial charge in [-0.05, 0) is 42.7 Å². The Labute approximate surface area is 145 Å². The minimum Gasteiger partial charge on any atom is -0.324 e. The normalized spacial score (nSPS) is 18.2. The summed E-state index contributed by atoms with van der Waals surface area (Å²) in [5.74, 6) is 0.175. The van der Waals surface area contributed by atoms with Crippen molar-refractivity contribution in [2.75, 3.05) is 13.1 Å². The van der Waals surface area contributed by atoms with Crippen LogP contribution in [-0.2, 0) is 0 Å². The lowest BCUT2D eigenvalue weighted by Crippen LogP contribution is -2.35. The summed E-state index contributed by atoms with van der Waals surface area (Å²) in [6.45, 7) is 1.35. The van der Waals surface area contributed by atoms with Gasteiger partial charge in [-0.25, -0.2) is 9.78 Å². The lowest BCUT2D eigenvalue weighted by molar-refractivity contribution is 0.201. The van der Waals surface area contributed by atoms with Gasteiger partial charge in [0.15, 0.2) is 0 Å². The summed E-state index contributed by atoms with van der Waals surface area (Å²) in [5.41, 5.74) is 1.68. The summed E-state index contributed by atoms with van der Waals surface area (Å²) in [7, 11) is 0.